The van der Waals surface area contributed by atoms with Gasteiger partial charge >= 0.3 is 0 Å². The zero-order valence-electron chi connectivity index (χ0n) is 19.2. The summed E-state index contributed by atoms with van der Waals surface area (Å²) < 4.78 is 5.67. The van der Waals surface area contributed by atoms with Crippen LogP contribution >= 0.6 is 11.6 Å². The van der Waals surface area contributed by atoms with Crippen LogP contribution in [0.2, 0.25) is 5.02 Å². The van der Waals surface area contributed by atoms with Crippen molar-refractivity contribution in [2.45, 2.75) is 19.8 Å². The molecule has 0 spiro atoms. The van der Waals surface area contributed by atoms with E-state index >= 15 is 0 Å². The number of rotatable bonds is 7. The number of halogens is 1. The van der Waals surface area contributed by atoms with E-state index in [2.05, 4.69) is 10.2 Å². The summed E-state index contributed by atoms with van der Waals surface area (Å²) >= 11 is 6.21. The van der Waals surface area contributed by atoms with Gasteiger partial charge in [-0.3, -0.25) is 19.7 Å². The van der Waals surface area contributed by atoms with Crippen molar-refractivity contribution in [3.63, 3.8) is 0 Å². The number of hydrogen-bond donors (Lipinski definition) is 1. The molecule has 1 fully saturated rings. The van der Waals surface area contributed by atoms with Crippen LogP contribution in [0, 0.1) is 10.1 Å². The molecular formula is C25H25ClN4O5. The number of carbonyl (C=O) groups is 2. The summed E-state index contributed by atoms with van der Waals surface area (Å²) in [7, 11) is 0. The molecule has 0 radical (unpaired) electrons. The molecule has 1 aliphatic heterocycles. The van der Waals surface area contributed by atoms with Gasteiger partial charge in [0.15, 0.2) is 5.76 Å². The minimum atomic E-state index is -0.505. The predicted octanol–water partition coefficient (Wildman–Crippen LogP) is 5.21. The Hall–Kier alpha value is -3.85. The number of nitro groups is 1. The maximum Gasteiger partial charge on any atom is 0.291 e. The highest BCUT2D eigenvalue weighted by Gasteiger charge is 2.24. The minimum absolute atomic E-state index is 0.0130. The molecule has 0 unspecified atom stereocenters. The van der Waals surface area contributed by atoms with Crippen LogP contribution in [0.15, 0.2) is 59.0 Å². The molecule has 35 heavy (non-hydrogen) atoms. The molecule has 0 atom stereocenters. The maximum absolute atomic E-state index is 13.0. The second kappa shape index (κ2) is 10.6. The normalized spacial score (nSPS) is 13.5. The molecule has 3 aromatic rings. The van der Waals surface area contributed by atoms with Crippen molar-refractivity contribution < 1.29 is 18.9 Å². The van der Waals surface area contributed by atoms with Gasteiger partial charge < -0.3 is 19.5 Å². The van der Waals surface area contributed by atoms with Gasteiger partial charge in [-0.25, -0.2) is 0 Å². The number of para-hydroxylation sites is 1. The van der Waals surface area contributed by atoms with E-state index in [1.165, 1.54) is 18.2 Å². The number of piperazine rings is 1. The lowest BCUT2D eigenvalue weighted by atomic mass is 10.1. The number of hydrogen-bond acceptors (Lipinski definition) is 6. The summed E-state index contributed by atoms with van der Waals surface area (Å²) in [5.74, 6) is -0.111. The van der Waals surface area contributed by atoms with E-state index in [1.54, 1.807) is 30.3 Å². The number of nitro benzene ring substituents is 1. The summed E-state index contributed by atoms with van der Waals surface area (Å²) in [5.41, 5.74) is 1.48. The van der Waals surface area contributed by atoms with Crippen molar-refractivity contribution >= 4 is 40.5 Å². The molecule has 0 bridgehead atoms. The van der Waals surface area contributed by atoms with Crippen LogP contribution in [-0.2, 0) is 4.79 Å². The van der Waals surface area contributed by atoms with Crippen molar-refractivity contribution in [2.75, 3.05) is 36.4 Å². The number of anilines is 2. The molecule has 2 heterocycles. The van der Waals surface area contributed by atoms with Crippen LogP contribution in [0.1, 0.15) is 30.3 Å². The van der Waals surface area contributed by atoms with Gasteiger partial charge in [0.05, 0.1) is 21.9 Å². The summed E-state index contributed by atoms with van der Waals surface area (Å²) in [6, 6.07) is 14.4. The maximum atomic E-state index is 13.0. The molecule has 182 valence electrons. The van der Waals surface area contributed by atoms with E-state index < -0.39 is 10.8 Å². The summed E-state index contributed by atoms with van der Waals surface area (Å²) in [6.07, 6.45) is 1.36. The Bertz CT molecular complexity index is 1250. The van der Waals surface area contributed by atoms with Crippen LogP contribution in [0.25, 0.3) is 11.3 Å². The number of carbonyl (C=O) groups excluding carboxylic acids is 2. The van der Waals surface area contributed by atoms with E-state index in [4.69, 9.17) is 16.0 Å². The van der Waals surface area contributed by atoms with Crippen molar-refractivity contribution in [1.82, 2.24) is 4.90 Å². The first-order valence-corrected chi connectivity index (χ1v) is 11.7. The van der Waals surface area contributed by atoms with Crippen LogP contribution < -0.4 is 10.2 Å². The predicted molar refractivity (Wildman–Crippen MR) is 134 cm³/mol. The third-order valence-corrected chi connectivity index (χ3v) is 6.07. The standard InChI is InChI=1S/C25H25ClN4O5/c1-2-5-24(31)29-14-12-28(13-15-29)21-9-8-17(26)16-19(21)27-25(32)23-11-10-22(35-23)18-6-3-4-7-20(18)30(33)34/h3-4,6-11,16H,2,5,12-15H2,1H3,(H,27,32). The van der Waals surface area contributed by atoms with Gasteiger partial charge in [-0.2, -0.15) is 0 Å². The van der Waals surface area contributed by atoms with E-state index in [-0.39, 0.29) is 28.7 Å². The lowest BCUT2D eigenvalue weighted by Crippen LogP contribution is -2.48. The van der Waals surface area contributed by atoms with Crippen molar-refractivity contribution in [3.05, 3.63) is 75.5 Å². The van der Waals surface area contributed by atoms with Gasteiger partial charge in [0.2, 0.25) is 5.91 Å². The first kappa shape index (κ1) is 24.3. The highest BCUT2D eigenvalue weighted by molar-refractivity contribution is 6.31. The van der Waals surface area contributed by atoms with Gasteiger partial charge in [0.1, 0.15) is 5.76 Å². The molecule has 2 amide bonds. The number of amides is 2. The van der Waals surface area contributed by atoms with Gasteiger partial charge in [0, 0.05) is 43.7 Å². The second-order valence-electron chi connectivity index (χ2n) is 8.17. The highest BCUT2D eigenvalue weighted by atomic mass is 35.5. The third-order valence-electron chi connectivity index (χ3n) is 5.84. The SMILES string of the molecule is CCCC(=O)N1CCN(c2ccc(Cl)cc2NC(=O)c2ccc(-c3ccccc3[N+](=O)[O-])o2)CC1. The minimum Gasteiger partial charge on any atom is -0.451 e. The fourth-order valence-corrected chi connectivity index (χ4v) is 4.25. The Morgan fingerprint density at radius 3 is 2.54 bits per heavy atom. The average Bonchev–Trinajstić information content (AvgIpc) is 3.35. The molecule has 10 heteroatoms. The van der Waals surface area contributed by atoms with Crippen LogP contribution in [-0.4, -0.2) is 47.8 Å². The molecule has 1 saturated heterocycles. The molecule has 1 aromatic heterocycles. The van der Waals surface area contributed by atoms with Crippen LogP contribution in [0.4, 0.5) is 17.1 Å². The smallest absolute Gasteiger partial charge is 0.291 e. The summed E-state index contributed by atoms with van der Waals surface area (Å²) in [6.45, 7) is 4.45. The fraction of sp³-hybridized carbons (Fsp3) is 0.280. The Labute approximate surface area is 207 Å². The Morgan fingerprint density at radius 2 is 1.83 bits per heavy atom. The van der Waals surface area contributed by atoms with Crippen molar-refractivity contribution in [2.24, 2.45) is 0 Å². The molecular weight excluding hydrogens is 472 g/mol. The first-order valence-electron chi connectivity index (χ1n) is 11.3. The topological polar surface area (TPSA) is 109 Å². The fourth-order valence-electron chi connectivity index (χ4n) is 4.08. The van der Waals surface area contributed by atoms with Crippen LogP contribution in [0.5, 0.6) is 0 Å². The lowest BCUT2D eigenvalue weighted by Gasteiger charge is -2.37. The summed E-state index contributed by atoms with van der Waals surface area (Å²) in [4.78, 5) is 40.0. The quantitative estimate of drug-likeness (QED) is 0.355. The average molecular weight is 497 g/mol. The Balaban J connectivity index is 1.51. The van der Waals surface area contributed by atoms with E-state index in [0.29, 0.717) is 43.3 Å². The van der Waals surface area contributed by atoms with E-state index in [1.807, 2.05) is 17.9 Å². The Kier molecular flexibility index (Phi) is 7.36. The second-order valence-corrected chi connectivity index (χ2v) is 8.61. The lowest BCUT2D eigenvalue weighted by molar-refractivity contribution is -0.384. The van der Waals surface area contributed by atoms with Crippen molar-refractivity contribution in [3.8, 4) is 11.3 Å². The number of nitrogens with zero attached hydrogens (tertiary/aromatic N) is 3. The van der Waals surface area contributed by atoms with E-state index in [0.717, 1.165) is 12.1 Å². The first-order chi connectivity index (χ1) is 16.9. The molecule has 0 saturated carbocycles. The zero-order chi connectivity index (χ0) is 24.9. The number of furan rings is 1. The molecule has 4 rings (SSSR count). The molecule has 1 aliphatic rings. The monoisotopic (exact) mass is 496 g/mol. The highest BCUT2D eigenvalue weighted by Crippen LogP contribution is 2.33. The van der Waals surface area contributed by atoms with Crippen LogP contribution in [0.3, 0.4) is 0 Å². The third kappa shape index (κ3) is 5.46. The van der Waals surface area contributed by atoms with Gasteiger partial charge in [-0.1, -0.05) is 30.7 Å². The van der Waals surface area contributed by atoms with Crippen molar-refractivity contribution in [1.29, 1.82) is 0 Å². The molecule has 9 nitrogen and oxygen atoms in total. The van der Waals surface area contributed by atoms with E-state index in [9.17, 15) is 19.7 Å². The summed E-state index contributed by atoms with van der Waals surface area (Å²) in [5, 5.41) is 14.6. The Morgan fingerprint density at radius 1 is 1.09 bits per heavy atom. The molecule has 1 N–H and O–H groups in total. The zero-order valence-corrected chi connectivity index (χ0v) is 20.0. The largest absolute Gasteiger partial charge is 0.451 e. The van der Waals surface area contributed by atoms with Gasteiger partial charge in [-0.15, -0.1) is 0 Å². The molecule has 2 aromatic carbocycles. The van der Waals surface area contributed by atoms with Gasteiger partial charge in [-0.05, 0) is 42.8 Å². The number of nitrogens with one attached hydrogen (secondary N) is 1. The number of benzene rings is 2. The molecule has 0 aliphatic carbocycles. The van der Waals surface area contributed by atoms with Gasteiger partial charge in [0.25, 0.3) is 11.6 Å².